The lowest BCUT2D eigenvalue weighted by molar-refractivity contribution is -0.118. The van der Waals surface area contributed by atoms with Crippen LogP contribution in [0, 0.1) is 0 Å². The van der Waals surface area contributed by atoms with Gasteiger partial charge in [-0.15, -0.1) is 0 Å². The van der Waals surface area contributed by atoms with Gasteiger partial charge in [0.1, 0.15) is 0 Å². The van der Waals surface area contributed by atoms with E-state index >= 15 is 0 Å². The van der Waals surface area contributed by atoms with Crippen LogP contribution in [0.1, 0.15) is 30.1 Å². The van der Waals surface area contributed by atoms with Gasteiger partial charge in [-0.05, 0) is 30.7 Å². The molecule has 0 aliphatic rings. The molecule has 0 saturated heterocycles. The van der Waals surface area contributed by atoms with E-state index in [4.69, 9.17) is 5.73 Å². The molecule has 128 valence electrons. The largest absolute Gasteiger partial charge is 0.375 e. The first-order valence-corrected chi connectivity index (χ1v) is 7.94. The van der Waals surface area contributed by atoms with E-state index in [1.807, 2.05) is 19.2 Å². The number of hydrogen-bond acceptors (Lipinski definition) is 4. The van der Waals surface area contributed by atoms with Crippen LogP contribution in [0.3, 0.4) is 0 Å². The number of anilines is 2. The quantitative estimate of drug-likeness (QED) is 0.773. The van der Waals surface area contributed by atoms with Crippen LogP contribution in [0.5, 0.6) is 0 Å². The lowest BCUT2D eigenvalue weighted by atomic mass is 10.2. The second-order valence-electron chi connectivity index (χ2n) is 5.60. The minimum atomic E-state index is -0.385. The first kappa shape index (κ1) is 17.5. The fourth-order valence-corrected chi connectivity index (χ4v) is 2.30. The van der Waals surface area contributed by atoms with Crippen LogP contribution in [0.25, 0.3) is 0 Å². The van der Waals surface area contributed by atoms with Crippen molar-refractivity contribution in [3.63, 3.8) is 0 Å². The maximum Gasteiger partial charge on any atom is 0.256 e. The van der Waals surface area contributed by atoms with E-state index in [1.54, 1.807) is 29.1 Å². The van der Waals surface area contributed by atoms with Crippen LogP contribution < -0.4 is 16.0 Å². The number of aryl methyl sites for hydroxylation is 1. The van der Waals surface area contributed by atoms with E-state index in [9.17, 15) is 9.59 Å². The van der Waals surface area contributed by atoms with Crippen LogP contribution in [-0.4, -0.2) is 35.2 Å². The lowest BCUT2D eigenvalue weighted by Crippen LogP contribution is -2.18. The number of hydrogen-bond donors (Lipinski definition) is 2. The number of aromatic nitrogens is 2. The molecule has 0 unspecified atom stereocenters. The number of primary amides is 1. The SMILES string of the molecule is CCCN(C)c1ccc(C(=O)Nc2ccn(CCC(N)=O)n2)cc1. The number of carbonyl (C=O) groups excluding carboxylic acids is 2. The van der Waals surface area contributed by atoms with Gasteiger partial charge in [0.2, 0.25) is 5.91 Å². The molecule has 7 nitrogen and oxygen atoms in total. The van der Waals surface area contributed by atoms with Crippen molar-refractivity contribution in [3.8, 4) is 0 Å². The summed E-state index contributed by atoms with van der Waals surface area (Å²) in [4.78, 5) is 25.2. The van der Waals surface area contributed by atoms with Gasteiger partial charge in [-0.3, -0.25) is 14.3 Å². The highest BCUT2D eigenvalue weighted by atomic mass is 16.2. The summed E-state index contributed by atoms with van der Waals surface area (Å²) in [6, 6.07) is 9.12. The van der Waals surface area contributed by atoms with E-state index in [-0.39, 0.29) is 18.2 Å². The molecule has 0 spiro atoms. The van der Waals surface area contributed by atoms with Crippen LogP contribution in [0.2, 0.25) is 0 Å². The summed E-state index contributed by atoms with van der Waals surface area (Å²) in [5, 5.41) is 6.93. The fraction of sp³-hybridized carbons (Fsp3) is 0.353. The molecule has 0 aliphatic heterocycles. The average molecular weight is 329 g/mol. The van der Waals surface area contributed by atoms with Crippen molar-refractivity contribution >= 4 is 23.3 Å². The zero-order chi connectivity index (χ0) is 17.5. The minimum absolute atomic E-state index is 0.210. The van der Waals surface area contributed by atoms with Gasteiger partial charge in [0.15, 0.2) is 5.82 Å². The second-order valence-corrected chi connectivity index (χ2v) is 5.60. The Labute approximate surface area is 141 Å². The Hall–Kier alpha value is -2.83. The topological polar surface area (TPSA) is 93.3 Å². The number of benzene rings is 1. The molecule has 2 amide bonds. The molecule has 1 heterocycles. The Bertz CT molecular complexity index is 693. The molecule has 24 heavy (non-hydrogen) atoms. The van der Waals surface area contributed by atoms with Gasteiger partial charge in [0.25, 0.3) is 5.91 Å². The predicted octanol–water partition coefficient (Wildman–Crippen LogP) is 1.86. The molecule has 2 rings (SSSR count). The third-order valence-corrected chi connectivity index (χ3v) is 3.60. The van der Waals surface area contributed by atoms with E-state index in [2.05, 4.69) is 22.2 Å². The highest BCUT2D eigenvalue weighted by Crippen LogP contribution is 2.15. The van der Waals surface area contributed by atoms with Crippen LogP contribution in [0.15, 0.2) is 36.5 Å². The van der Waals surface area contributed by atoms with Gasteiger partial charge >= 0.3 is 0 Å². The molecule has 2 aromatic rings. The molecular weight excluding hydrogens is 306 g/mol. The van der Waals surface area contributed by atoms with Gasteiger partial charge in [-0.1, -0.05) is 6.92 Å². The summed E-state index contributed by atoms with van der Waals surface area (Å²) in [6.45, 7) is 3.48. The fourth-order valence-electron chi connectivity index (χ4n) is 2.30. The molecule has 7 heteroatoms. The molecule has 0 fully saturated rings. The highest BCUT2D eigenvalue weighted by molar-refractivity contribution is 6.03. The predicted molar refractivity (Wildman–Crippen MR) is 94.0 cm³/mol. The van der Waals surface area contributed by atoms with Crippen molar-refractivity contribution in [2.75, 3.05) is 23.8 Å². The number of nitrogens with zero attached hydrogens (tertiary/aromatic N) is 3. The molecular formula is C17H23N5O2. The maximum absolute atomic E-state index is 12.2. The number of rotatable bonds is 8. The smallest absolute Gasteiger partial charge is 0.256 e. The summed E-state index contributed by atoms with van der Waals surface area (Å²) < 4.78 is 1.57. The summed E-state index contributed by atoms with van der Waals surface area (Å²) in [7, 11) is 2.03. The zero-order valence-corrected chi connectivity index (χ0v) is 14.0. The zero-order valence-electron chi connectivity index (χ0n) is 14.0. The standard InChI is InChI=1S/C17H23N5O2/c1-3-10-21(2)14-6-4-13(5-7-14)17(24)19-16-9-12-22(20-16)11-8-15(18)23/h4-7,9,12H,3,8,10-11H2,1-2H3,(H2,18,23)(H,19,20,24). The summed E-state index contributed by atoms with van der Waals surface area (Å²) in [5.74, 6) is -0.166. The number of nitrogens with two attached hydrogens (primary N) is 1. The van der Waals surface area contributed by atoms with Crippen molar-refractivity contribution in [1.82, 2.24) is 9.78 Å². The number of amides is 2. The Morgan fingerprint density at radius 3 is 2.58 bits per heavy atom. The van der Waals surface area contributed by atoms with Gasteiger partial charge in [-0.25, -0.2) is 0 Å². The van der Waals surface area contributed by atoms with E-state index in [1.165, 1.54) is 0 Å². The van der Waals surface area contributed by atoms with Crippen LogP contribution in [0.4, 0.5) is 11.5 Å². The van der Waals surface area contributed by atoms with Crippen LogP contribution in [-0.2, 0) is 11.3 Å². The molecule has 3 N–H and O–H groups in total. The Morgan fingerprint density at radius 1 is 1.25 bits per heavy atom. The number of nitrogens with one attached hydrogen (secondary N) is 1. The van der Waals surface area contributed by atoms with E-state index < -0.39 is 0 Å². The normalized spacial score (nSPS) is 10.4. The molecule has 0 saturated carbocycles. The van der Waals surface area contributed by atoms with Crippen molar-refractivity contribution in [2.24, 2.45) is 5.73 Å². The van der Waals surface area contributed by atoms with Crippen molar-refractivity contribution in [3.05, 3.63) is 42.1 Å². The van der Waals surface area contributed by atoms with Crippen LogP contribution >= 0.6 is 0 Å². The minimum Gasteiger partial charge on any atom is -0.375 e. The first-order valence-electron chi connectivity index (χ1n) is 7.94. The molecule has 0 atom stereocenters. The van der Waals surface area contributed by atoms with Gasteiger partial charge in [0.05, 0.1) is 0 Å². The third kappa shape index (κ3) is 4.84. The molecule has 0 bridgehead atoms. The average Bonchev–Trinajstić information content (AvgIpc) is 3.00. The molecule has 1 aromatic heterocycles. The third-order valence-electron chi connectivity index (χ3n) is 3.60. The molecule has 0 radical (unpaired) electrons. The first-order chi connectivity index (χ1) is 11.5. The van der Waals surface area contributed by atoms with Gasteiger partial charge < -0.3 is 16.0 Å². The summed E-state index contributed by atoms with van der Waals surface area (Å²) >= 11 is 0. The highest BCUT2D eigenvalue weighted by Gasteiger charge is 2.09. The lowest BCUT2D eigenvalue weighted by Gasteiger charge is -2.18. The van der Waals surface area contributed by atoms with E-state index in [0.717, 1.165) is 18.7 Å². The summed E-state index contributed by atoms with van der Waals surface area (Å²) in [6.07, 6.45) is 2.97. The maximum atomic E-state index is 12.2. The molecule has 1 aromatic carbocycles. The van der Waals surface area contributed by atoms with E-state index in [0.29, 0.717) is 17.9 Å². The van der Waals surface area contributed by atoms with Gasteiger partial charge in [-0.2, -0.15) is 5.10 Å². The van der Waals surface area contributed by atoms with Crippen molar-refractivity contribution in [2.45, 2.75) is 26.3 Å². The number of carbonyl (C=O) groups is 2. The van der Waals surface area contributed by atoms with Crippen molar-refractivity contribution < 1.29 is 9.59 Å². The summed E-state index contributed by atoms with van der Waals surface area (Å²) in [5.41, 5.74) is 6.74. The van der Waals surface area contributed by atoms with Crippen molar-refractivity contribution in [1.29, 1.82) is 0 Å². The monoisotopic (exact) mass is 329 g/mol. The Morgan fingerprint density at radius 2 is 1.96 bits per heavy atom. The van der Waals surface area contributed by atoms with Gasteiger partial charge in [0, 0.05) is 50.1 Å². The second kappa shape index (κ2) is 8.14. The Kier molecular flexibility index (Phi) is 5.95. The Balaban J connectivity index is 1.96. The molecule has 0 aliphatic carbocycles.